The van der Waals surface area contributed by atoms with Crippen molar-refractivity contribution in [2.75, 3.05) is 0 Å². The SMILES string of the molecule is CCCC[C@@H]1C(=O)C[C@@H]1C. The topological polar surface area (TPSA) is 17.1 Å². The van der Waals surface area contributed by atoms with Crippen LogP contribution >= 0.6 is 0 Å². The minimum atomic E-state index is 0.431. The van der Waals surface area contributed by atoms with Gasteiger partial charge in [0, 0.05) is 12.3 Å². The largest absolute Gasteiger partial charge is 0.299 e. The highest BCUT2D eigenvalue weighted by Crippen LogP contribution is 2.33. The van der Waals surface area contributed by atoms with Crippen LogP contribution in [0.5, 0.6) is 0 Å². The molecule has 1 aliphatic carbocycles. The van der Waals surface area contributed by atoms with Crippen molar-refractivity contribution < 1.29 is 4.79 Å². The maximum atomic E-state index is 10.9. The first-order valence-corrected chi connectivity index (χ1v) is 4.28. The van der Waals surface area contributed by atoms with Gasteiger partial charge in [-0.3, -0.25) is 4.79 Å². The van der Waals surface area contributed by atoms with Gasteiger partial charge in [-0.15, -0.1) is 0 Å². The lowest BCUT2D eigenvalue weighted by Gasteiger charge is -2.31. The molecule has 0 saturated heterocycles. The van der Waals surface area contributed by atoms with Gasteiger partial charge in [-0.05, 0) is 12.3 Å². The first-order chi connectivity index (χ1) is 4.75. The fourth-order valence-corrected chi connectivity index (χ4v) is 1.64. The van der Waals surface area contributed by atoms with E-state index in [-0.39, 0.29) is 0 Å². The van der Waals surface area contributed by atoms with Crippen LogP contribution in [0.15, 0.2) is 0 Å². The van der Waals surface area contributed by atoms with Crippen LogP contribution in [-0.2, 0) is 4.79 Å². The third-order valence-electron chi connectivity index (χ3n) is 2.49. The van der Waals surface area contributed by atoms with E-state index in [4.69, 9.17) is 0 Å². The Hall–Kier alpha value is -0.330. The van der Waals surface area contributed by atoms with Crippen LogP contribution in [0.25, 0.3) is 0 Å². The average Bonchev–Trinajstić information content (AvgIpc) is 1.89. The van der Waals surface area contributed by atoms with Gasteiger partial charge >= 0.3 is 0 Å². The van der Waals surface area contributed by atoms with Crippen LogP contribution in [0.1, 0.15) is 39.5 Å². The van der Waals surface area contributed by atoms with E-state index in [2.05, 4.69) is 13.8 Å². The Morgan fingerprint density at radius 2 is 2.30 bits per heavy atom. The van der Waals surface area contributed by atoms with E-state index in [1.165, 1.54) is 12.8 Å². The second kappa shape index (κ2) is 3.18. The molecular formula is C9H16O. The summed E-state index contributed by atoms with van der Waals surface area (Å²) in [5, 5.41) is 0. The van der Waals surface area contributed by atoms with E-state index in [1.54, 1.807) is 0 Å². The molecule has 0 radical (unpaired) electrons. The van der Waals surface area contributed by atoms with Gasteiger partial charge in [0.05, 0.1) is 0 Å². The lowest BCUT2D eigenvalue weighted by atomic mass is 9.71. The molecule has 1 saturated carbocycles. The van der Waals surface area contributed by atoms with E-state index in [9.17, 15) is 4.79 Å². The molecule has 58 valence electrons. The number of hydrogen-bond acceptors (Lipinski definition) is 1. The standard InChI is InChI=1S/C9H16O/c1-3-4-5-8-7(2)6-9(8)10/h7-8H,3-6H2,1-2H3/t7-,8-/m0/s1. The number of unbranched alkanes of at least 4 members (excludes halogenated alkanes) is 1. The van der Waals surface area contributed by atoms with Crippen molar-refractivity contribution in [2.45, 2.75) is 39.5 Å². The van der Waals surface area contributed by atoms with Gasteiger partial charge in [0.15, 0.2) is 0 Å². The summed E-state index contributed by atoms with van der Waals surface area (Å²) in [6, 6.07) is 0. The molecular weight excluding hydrogens is 124 g/mol. The zero-order valence-corrected chi connectivity index (χ0v) is 6.89. The second-order valence-corrected chi connectivity index (χ2v) is 3.40. The van der Waals surface area contributed by atoms with Crippen LogP contribution in [0.3, 0.4) is 0 Å². The first-order valence-electron chi connectivity index (χ1n) is 4.28. The molecule has 1 heteroatoms. The summed E-state index contributed by atoms with van der Waals surface area (Å²) < 4.78 is 0. The van der Waals surface area contributed by atoms with E-state index in [0.29, 0.717) is 17.6 Å². The number of Topliss-reactive ketones (excluding diaryl/α,β-unsaturated/α-hetero) is 1. The van der Waals surface area contributed by atoms with Crippen LogP contribution in [0.4, 0.5) is 0 Å². The van der Waals surface area contributed by atoms with Crippen molar-refractivity contribution in [3.05, 3.63) is 0 Å². The van der Waals surface area contributed by atoms with Gasteiger partial charge in [-0.2, -0.15) is 0 Å². The predicted molar refractivity (Wildman–Crippen MR) is 41.8 cm³/mol. The van der Waals surface area contributed by atoms with Crippen molar-refractivity contribution in [2.24, 2.45) is 11.8 Å². The van der Waals surface area contributed by atoms with E-state index in [0.717, 1.165) is 12.8 Å². The summed E-state index contributed by atoms with van der Waals surface area (Å²) in [6.45, 7) is 4.36. The molecule has 0 unspecified atom stereocenters. The Bertz CT molecular complexity index is 129. The third-order valence-corrected chi connectivity index (χ3v) is 2.49. The minimum absolute atomic E-state index is 0.431. The zero-order chi connectivity index (χ0) is 7.56. The highest BCUT2D eigenvalue weighted by Gasteiger charge is 2.34. The predicted octanol–water partition coefficient (Wildman–Crippen LogP) is 2.40. The quantitative estimate of drug-likeness (QED) is 0.588. The lowest BCUT2D eigenvalue weighted by molar-refractivity contribution is -0.133. The fourth-order valence-electron chi connectivity index (χ4n) is 1.64. The molecule has 0 bridgehead atoms. The Labute approximate surface area is 62.8 Å². The highest BCUT2D eigenvalue weighted by atomic mass is 16.1. The number of hydrogen-bond donors (Lipinski definition) is 0. The molecule has 0 heterocycles. The highest BCUT2D eigenvalue weighted by molar-refractivity contribution is 5.87. The average molecular weight is 140 g/mol. The monoisotopic (exact) mass is 140 g/mol. The molecule has 0 aliphatic heterocycles. The third kappa shape index (κ3) is 1.39. The Morgan fingerprint density at radius 1 is 1.60 bits per heavy atom. The minimum Gasteiger partial charge on any atom is -0.299 e. The van der Waals surface area contributed by atoms with Gasteiger partial charge in [0.2, 0.25) is 0 Å². The molecule has 1 fully saturated rings. The molecule has 0 aromatic carbocycles. The van der Waals surface area contributed by atoms with Crippen LogP contribution in [0.2, 0.25) is 0 Å². The van der Waals surface area contributed by atoms with Crippen molar-refractivity contribution in [3.63, 3.8) is 0 Å². The maximum absolute atomic E-state index is 10.9. The van der Waals surface area contributed by atoms with Gasteiger partial charge in [0.1, 0.15) is 5.78 Å². The lowest BCUT2D eigenvalue weighted by Crippen LogP contribution is -2.34. The molecule has 0 aromatic heterocycles. The van der Waals surface area contributed by atoms with Crippen molar-refractivity contribution >= 4 is 5.78 Å². The Kier molecular flexibility index (Phi) is 2.47. The Balaban J connectivity index is 2.20. The maximum Gasteiger partial charge on any atom is 0.136 e. The van der Waals surface area contributed by atoms with Gasteiger partial charge in [-0.25, -0.2) is 0 Å². The van der Waals surface area contributed by atoms with Gasteiger partial charge in [-0.1, -0.05) is 26.7 Å². The molecule has 1 aliphatic rings. The summed E-state index contributed by atoms with van der Waals surface area (Å²) in [5.74, 6) is 1.61. The van der Waals surface area contributed by atoms with Gasteiger partial charge < -0.3 is 0 Å². The summed E-state index contributed by atoms with van der Waals surface area (Å²) >= 11 is 0. The fraction of sp³-hybridized carbons (Fsp3) is 0.889. The summed E-state index contributed by atoms with van der Waals surface area (Å²) in [7, 11) is 0. The van der Waals surface area contributed by atoms with Gasteiger partial charge in [0.25, 0.3) is 0 Å². The smallest absolute Gasteiger partial charge is 0.136 e. The van der Waals surface area contributed by atoms with Crippen molar-refractivity contribution in [1.82, 2.24) is 0 Å². The van der Waals surface area contributed by atoms with E-state index in [1.807, 2.05) is 0 Å². The normalized spacial score (nSPS) is 32.0. The number of ketones is 1. The van der Waals surface area contributed by atoms with E-state index >= 15 is 0 Å². The molecule has 0 spiro atoms. The first kappa shape index (κ1) is 7.77. The Morgan fingerprint density at radius 3 is 2.70 bits per heavy atom. The number of carbonyl (C=O) groups excluding carboxylic acids is 1. The molecule has 2 atom stereocenters. The number of rotatable bonds is 3. The second-order valence-electron chi connectivity index (χ2n) is 3.40. The van der Waals surface area contributed by atoms with Crippen LogP contribution in [0, 0.1) is 11.8 Å². The summed E-state index contributed by atoms with van der Waals surface area (Å²) in [4.78, 5) is 10.9. The summed E-state index contributed by atoms with van der Waals surface area (Å²) in [5.41, 5.74) is 0. The zero-order valence-electron chi connectivity index (χ0n) is 6.89. The number of carbonyl (C=O) groups is 1. The van der Waals surface area contributed by atoms with E-state index < -0.39 is 0 Å². The van der Waals surface area contributed by atoms with Crippen LogP contribution in [-0.4, -0.2) is 5.78 Å². The molecule has 0 N–H and O–H groups in total. The van der Waals surface area contributed by atoms with Crippen molar-refractivity contribution in [3.8, 4) is 0 Å². The molecule has 0 aromatic rings. The van der Waals surface area contributed by atoms with Crippen LogP contribution < -0.4 is 0 Å². The molecule has 10 heavy (non-hydrogen) atoms. The molecule has 1 nitrogen and oxygen atoms in total. The molecule has 1 rings (SSSR count). The molecule has 0 amide bonds. The van der Waals surface area contributed by atoms with Crippen molar-refractivity contribution in [1.29, 1.82) is 0 Å². The summed E-state index contributed by atoms with van der Waals surface area (Å²) in [6.07, 6.45) is 4.42.